The number of aromatic hydroxyl groups is 1. The topological polar surface area (TPSA) is 144 Å². The fraction of sp³-hybridized carbons (Fsp3) is 0.531. The highest BCUT2D eigenvalue weighted by molar-refractivity contribution is 7.87. The van der Waals surface area contributed by atoms with Crippen LogP contribution in [-0.4, -0.2) is 98.1 Å². The number of halogens is 2. The van der Waals surface area contributed by atoms with Crippen molar-refractivity contribution in [2.45, 2.75) is 56.9 Å². The van der Waals surface area contributed by atoms with Gasteiger partial charge in [0.1, 0.15) is 29.0 Å². The number of likely N-dealkylation sites (tertiary alicyclic amines) is 1. The summed E-state index contributed by atoms with van der Waals surface area (Å²) < 4.78 is 68.4. The first-order valence-electron chi connectivity index (χ1n) is 16.0. The van der Waals surface area contributed by atoms with Gasteiger partial charge in [0.2, 0.25) is 0 Å². The Morgan fingerprint density at radius 2 is 2.02 bits per heavy atom. The number of nitrogens with one attached hydrogen (secondary N) is 3. The molecule has 4 heterocycles. The minimum absolute atomic E-state index is 0.0222. The Hall–Kier alpha value is -3.50. The van der Waals surface area contributed by atoms with Crippen molar-refractivity contribution in [1.29, 1.82) is 0 Å². The molecular formula is C32H40F2N8O4S. The Labute approximate surface area is 272 Å². The molecule has 2 saturated heterocycles. The van der Waals surface area contributed by atoms with Crippen LogP contribution in [0.3, 0.4) is 0 Å². The second-order valence-electron chi connectivity index (χ2n) is 13.7. The number of hydrogen-bond acceptors (Lipinski definition) is 10. The summed E-state index contributed by atoms with van der Waals surface area (Å²) in [6.07, 6.45) is 6.17. The third kappa shape index (κ3) is 6.15. The molecule has 0 bridgehead atoms. The Balaban J connectivity index is 1.32. The van der Waals surface area contributed by atoms with E-state index in [-0.39, 0.29) is 46.4 Å². The number of benzene rings is 1. The molecule has 1 spiro atoms. The molecule has 3 atom stereocenters. The summed E-state index contributed by atoms with van der Waals surface area (Å²) in [5, 5.41) is 23.5. The minimum Gasteiger partial charge on any atom is -0.508 e. The van der Waals surface area contributed by atoms with Crippen molar-refractivity contribution < 1.29 is 27.0 Å². The molecule has 1 aromatic heterocycles. The SMILES string of the molecule is CCC1=c2c(-c3nnc4c(c3F)NC(OCC3(CN(C)C)CC3)=NC4N3CCCC4(CNS(=O)(=O)N4)C3)cc(O)cc2=CC=CC1F. The first-order chi connectivity index (χ1) is 22.4. The Morgan fingerprint density at radius 3 is 2.72 bits per heavy atom. The number of alkyl halides is 1. The third-order valence-electron chi connectivity index (χ3n) is 9.68. The van der Waals surface area contributed by atoms with Gasteiger partial charge in [-0.1, -0.05) is 19.1 Å². The van der Waals surface area contributed by atoms with E-state index >= 15 is 8.78 Å². The van der Waals surface area contributed by atoms with Crippen LogP contribution in [0.1, 0.15) is 50.9 Å². The number of rotatable bonds is 7. The van der Waals surface area contributed by atoms with Crippen LogP contribution in [0.15, 0.2) is 29.3 Å². The number of aromatic nitrogens is 2. The zero-order valence-corrected chi connectivity index (χ0v) is 27.5. The van der Waals surface area contributed by atoms with E-state index < -0.39 is 33.9 Å². The van der Waals surface area contributed by atoms with Crippen LogP contribution in [-0.2, 0) is 14.9 Å². The molecule has 1 aromatic carbocycles. The first-order valence-corrected chi connectivity index (χ1v) is 17.5. The molecule has 5 aliphatic rings. The summed E-state index contributed by atoms with van der Waals surface area (Å²) in [6, 6.07) is 3.04. The number of fused-ring (bicyclic) bond motifs is 2. The average Bonchev–Trinajstić information content (AvgIpc) is 3.74. The van der Waals surface area contributed by atoms with Gasteiger partial charge >= 0.3 is 0 Å². The van der Waals surface area contributed by atoms with Gasteiger partial charge in [0.25, 0.3) is 16.2 Å². The fourth-order valence-corrected chi connectivity index (χ4v) is 8.71. The number of hydrogen-bond donors (Lipinski definition) is 4. The molecule has 2 aromatic rings. The summed E-state index contributed by atoms with van der Waals surface area (Å²) in [5.74, 6) is -0.857. The molecule has 47 heavy (non-hydrogen) atoms. The van der Waals surface area contributed by atoms with Crippen molar-refractivity contribution in [2.24, 2.45) is 10.4 Å². The zero-order valence-electron chi connectivity index (χ0n) is 26.7. The van der Waals surface area contributed by atoms with Crippen molar-refractivity contribution in [3.05, 3.63) is 46.2 Å². The predicted molar refractivity (Wildman–Crippen MR) is 174 cm³/mol. The lowest BCUT2D eigenvalue weighted by Gasteiger charge is -2.42. The van der Waals surface area contributed by atoms with Crippen molar-refractivity contribution in [3.63, 3.8) is 0 Å². The van der Waals surface area contributed by atoms with E-state index in [0.29, 0.717) is 55.0 Å². The molecule has 3 fully saturated rings. The molecule has 4 N–H and O–H groups in total. The standard InChI is InChI=1S/C32H40F2N8O4S/c1-4-21-23(33)8-5-7-19-13-20(43)14-22(24(19)21)26-25(34)27-28(39-38-26)29(37-30(36-27)46-18-31(10-11-31)16-41(2)3)42-12-6-9-32(17-42)15-35-47(44,45)40-32/h5,7-8,13-14,23,29,35,40,43H,4,6,9-12,15-18H2,1-3H3,(H,36,37). The molecular weight excluding hydrogens is 630 g/mol. The molecule has 0 radical (unpaired) electrons. The smallest absolute Gasteiger partial charge is 0.291 e. The number of ether oxygens (including phenoxy) is 1. The monoisotopic (exact) mass is 670 g/mol. The lowest BCUT2D eigenvalue weighted by molar-refractivity contribution is 0.1000. The van der Waals surface area contributed by atoms with Gasteiger partial charge in [-0.25, -0.2) is 18.5 Å². The second kappa shape index (κ2) is 11.9. The van der Waals surface area contributed by atoms with Gasteiger partial charge < -0.3 is 20.1 Å². The molecule has 252 valence electrons. The Kier molecular flexibility index (Phi) is 8.10. The van der Waals surface area contributed by atoms with E-state index in [1.807, 2.05) is 25.9 Å². The molecule has 3 unspecified atom stereocenters. The quantitative estimate of drug-likeness (QED) is 0.346. The molecule has 1 saturated carbocycles. The summed E-state index contributed by atoms with van der Waals surface area (Å²) in [5.41, 5.74) is 0.000204. The largest absolute Gasteiger partial charge is 0.508 e. The highest BCUT2D eigenvalue weighted by Gasteiger charge is 2.48. The maximum absolute atomic E-state index is 16.9. The van der Waals surface area contributed by atoms with Crippen LogP contribution < -0.4 is 25.2 Å². The van der Waals surface area contributed by atoms with E-state index in [1.165, 1.54) is 18.2 Å². The minimum atomic E-state index is -3.62. The lowest BCUT2D eigenvalue weighted by atomic mass is 9.89. The number of allylic oxidation sites excluding steroid dienone is 2. The second-order valence-corrected chi connectivity index (χ2v) is 15.2. The highest BCUT2D eigenvalue weighted by Crippen LogP contribution is 2.46. The molecule has 0 amide bonds. The van der Waals surface area contributed by atoms with Crippen LogP contribution in [0.4, 0.5) is 14.5 Å². The van der Waals surface area contributed by atoms with Gasteiger partial charge in [-0.3, -0.25) is 4.90 Å². The molecule has 7 rings (SSSR count). The van der Waals surface area contributed by atoms with Gasteiger partial charge in [0, 0.05) is 37.2 Å². The van der Waals surface area contributed by atoms with Gasteiger partial charge in [0.05, 0.1) is 12.1 Å². The number of piperidine rings is 1. The van der Waals surface area contributed by atoms with E-state index in [1.54, 1.807) is 12.2 Å². The number of amidine groups is 1. The van der Waals surface area contributed by atoms with Crippen molar-refractivity contribution >= 4 is 33.6 Å². The number of aliphatic imine (C=N–C) groups is 1. The maximum Gasteiger partial charge on any atom is 0.291 e. The molecule has 2 aliphatic carbocycles. The van der Waals surface area contributed by atoms with E-state index in [4.69, 9.17) is 9.73 Å². The number of phenols is 1. The predicted octanol–water partition coefficient (Wildman–Crippen LogP) is 1.65. The summed E-state index contributed by atoms with van der Waals surface area (Å²) >= 11 is 0. The number of anilines is 1. The number of nitrogens with zero attached hydrogens (tertiary/aromatic N) is 5. The van der Waals surface area contributed by atoms with Crippen LogP contribution in [0.25, 0.3) is 22.9 Å². The molecule has 15 heteroatoms. The average molecular weight is 671 g/mol. The summed E-state index contributed by atoms with van der Waals surface area (Å²) in [7, 11) is 0.403. The number of phenolic OH excluding ortho intramolecular Hbond substituents is 1. The summed E-state index contributed by atoms with van der Waals surface area (Å²) in [4.78, 5) is 8.93. The van der Waals surface area contributed by atoms with Gasteiger partial charge in [-0.2, -0.15) is 13.1 Å². The van der Waals surface area contributed by atoms with Crippen LogP contribution >= 0.6 is 0 Å². The zero-order chi connectivity index (χ0) is 33.1. The van der Waals surface area contributed by atoms with Crippen molar-refractivity contribution in [3.8, 4) is 17.0 Å². The van der Waals surface area contributed by atoms with Crippen LogP contribution in [0, 0.1) is 11.2 Å². The highest BCUT2D eigenvalue weighted by atomic mass is 32.2. The van der Waals surface area contributed by atoms with Crippen molar-refractivity contribution in [2.75, 3.05) is 52.2 Å². The van der Waals surface area contributed by atoms with Gasteiger partial charge in [0.15, 0.2) is 12.0 Å². The normalized spacial score (nSPS) is 27.4. The summed E-state index contributed by atoms with van der Waals surface area (Å²) in [6.45, 7) is 4.16. The maximum atomic E-state index is 16.9. The Bertz CT molecular complexity index is 1900. The van der Waals surface area contributed by atoms with Crippen LogP contribution in [0.2, 0.25) is 0 Å². The van der Waals surface area contributed by atoms with Crippen LogP contribution in [0.5, 0.6) is 5.75 Å². The molecule has 12 nitrogen and oxygen atoms in total. The van der Waals surface area contributed by atoms with E-state index in [9.17, 15) is 13.5 Å². The fourth-order valence-electron chi connectivity index (χ4n) is 7.36. The van der Waals surface area contributed by atoms with E-state index in [2.05, 4.69) is 29.9 Å². The van der Waals surface area contributed by atoms with E-state index in [0.717, 1.165) is 19.4 Å². The van der Waals surface area contributed by atoms with Gasteiger partial charge in [-0.05, 0) is 80.4 Å². The molecule has 3 aliphatic heterocycles. The Morgan fingerprint density at radius 1 is 1.21 bits per heavy atom. The van der Waals surface area contributed by atoms with Gasteiger partial charge in [-0.15, -0.1) is 10.2 Å². The first kappa shape index (κ1) is 32.1. The van der Waals surface area contributed by atoms with Crippen molar-refractivity contribution in [1.82, 2.24) is 29.4 Å². The third-order valence-corrected chi connectivity index (χ3v) is 10.9. The lowest BCUT2D eigenvalue weighted by Crippen LogP contribution is -2.57.